The summed E-state index contributed by atoms with van der Waals surface area (Å²) in [6.45, 7) is 12.7. The quantitative estimate of drug-likeness (QED) is 0.302. The first-order chi connectivity index (χ1) is 15.0. The van der Waals surface area contributed by atoms with Crippen molar-refractivity contribution in [2.75, 3.05) is 5.75 Å². The first-order valence-corrected chi connectivity index (χ1v) is 13.6. The zero-order valence-electron chi connectivity index (χ0n) is 20.6. The van der Waals surface area contributed by atoms with Crippen molar-refractivity contribution in [3.05, 3.63) is 47.1 Å². The second kappa shape index (κ2) is 10.6. The third kappa shape index (κ3) is 6.20. The van der Waals surface area contributed by atoms with Gasteiger partial charge in [-0.3, -0.25) is 0 Å². The minimum atomic E-state index is -0.624. The Morgan fingerprint density at radius 2 is 2.03 bits per heavy atom. The van der Waals surface area contributed by atoms with Crippen LogP contribution in [0.15, 0.2) is 47.1 Å². The van der Waals surface area contributed by atoms with E-state index >= 15 is 0 Å². The normalized spacial score (nSPS) is 34.7. The van der Waals surface area contributed by atoms with Crippen LogP contribution in [0.25, 0.3) is 0 Å². The molecule has 0 heterocycles. The second-order valence-corrected chi connectivity index (χ2v) is 12.5. The number of thioether (sulfide) groups is 1. The highest BCUT2D eigenvalue weighted by Crippen LogP contribution is 2.56. The van der Waals surface area contributed by atoms with Crippen LogP contribution in [-0.4, -0.2) is 44.1 Å². The highest BCUT2D eigenvalue weighted by Gasteiger charge is 2.46. The van der Waals surface area contributed by atoms with Crippen LogP contribution >= 0.6 is 11.8 Å². The van der Waals surface area contributed by atoms with E-state index in [1.807, 2.05) is 13.8 Å². The minimum absolute atomic E-state index is 0.241. The average molecular weight is 461 g/mol. The molecule has 3 aliphatic rings. The molecular formula is C28H44O3S. The Bertz CT molecular complexity index is 772. The Morgan fingerprint density at radius 3 is 2.75 bits per heavy atom. The lowest BCUT2D eigenvalue weighted by Crippen LogP contribution is -2.33. The Morgan fingerprint density at radius 1 is 1.28 bits per heavy atom. The van der Waals surface area contributed by atoms with E-state index in [1.54, 1.807) is 5.57 Å². The van der Waals surface area contributed by atoms with Gasteiger partial charge in [-0.25, -0.2) is 0 Å². The number of allylic oxidation sites excluding steroid dienone is 4. The van der Waals surface area contributed by atoms with E-state index < -0.39 is 17.8 Å². The predicted octanol–water partition coefficient (Wildman–Crippen LogP) is 6.11. The summed E-state index contributed by atoms with van der Waals surface area (Å²) in [6, 6.07) is 0. The fourth-order valence-corrected chi connectivity index (χ4v) is 7.23. The highest BCUT2D eigenvalue weighted by molar-refractivity contribution is 8.00. The number of fused-ring (bicyclic) bond motifs is 1. The molecule has 3 rings (SSSR count). The Balaban J connectivity index is 1.62. The van der Waals surface area contributed by atoms with E-state index in [2.05, 4.69) is 50.4 Å². The second-order valence-electron chi connectivity index (χ2n) is 11.1. The fourth-order valence-electron chi connectivity index (χ4n) is 5.96. The van der Waals surface area contributed by atoms with Crippen molar-refractivity contribution < 1.29 is 15.3 Å². The van der Waals surface area contributed by atoms with Crippen LogP contribution in [0.2, 0.25) is 0 Å². The molecule has 3 aliphatic carbocycles. The molecule has 32 heavy (non-hydrogen) atoms. The zero-order valence-corrected chi connectivity index (χ0v) is 21.4. The van der Waals surface area contributed by atoms with Gasteiger partial charge in [-0.05, 0) is 100 Å². The van der Waals surface area contributed by atoms with Gasteiger partial charge in [0.15, 0.2) is 0 Å². The topological polar surface area (TPSA) is 60.7 Å². The molecule has 0 saturated heterocycles. The summed E-state index contributed by atoms with van der Waals surface area (Å²) < 4.78 is 0. The predicted molar refractivity (Wildman–Crippen MR) is 137 cm³/mol. The molecule has 0 aromatic rings. The first kappa shape index (κ1) is 25.8. The Labute approximate surface area is 199 Å². The van der Waals surface area contributed by atoms with E-state index in [1.165, 1.54) is 18.4 Å². The summed E-state index contributed by atoms with van der Waals surface area (Å²) in [5.41, 5.74) is 4.60. The number of unbranched alkanes of at least 4 members (excludes halogenated alkanes) is 1. The minimum Gasteiger partial charge on any atom is -0.393 e. The van der Waals surface area contributed by atoms with Gasteiger partial charge in [0.05, 0.1) is 17.8 Å². The van der Waals surface area contributed by atoms with E-state index in [0.29, 0.717) is 24.0 Å². The molecule has 3 nitrogen and oxygen atoms in total. The maximum absolute atomic E-state index is 10.1. The molecule has 0 amide bonds. The maximum atomic E-state index is 10.1. The van der Waals surface area contributed by atoms with Gasteiger partial charge in [0.2, 0.25) is 0 Å². The average Bonchev–Trinajstić information content (AvgIpc) is 3.06. The van der Waals surface area contributed by atoms with Gasteiger partial charge in [0.25, 0.3) is 0 Å². The van der Waals surface area contributed by atoms with E-state index in [-0.39, 0.29) is 5.41 Å². The SMILES string of the molecule is C=C1/C(=C\C=C2/CCC[C@]3(C)C(C(C)SCCCCC(C)(C)O)=CC[C@@H]23)C[C@@H](O)C[C@@H]1O. The number of aliphatic hydroxyl groups excluding tert-OH is 2. The molecule has 0 aromatic carbocycles. The highest BCUT2D eigenvalue weighted by atomic mass is 32.2. The molecule has 0 spiro atoms. The molecule has 5 atom stereocenters. The van der Waals surface area contributed by atoms with Gasteiger partial charge in [-0.1, -0.05) is 42.9 Å². The van der Waals surface area contributed by atoms with E-state index in [4.69, 9.17) is 0 Å². The van der Waals surface area contributed by atoms with Crippen LogP contribution in [0.5, 0.6) is 0 Å². The van der Waals surface area contributed by atoms with Crippen molar-refractivity contribution in [2.45, 2.75) is 109 Å². The molecule has 0 bridgehead atoms. The maximum Gasteiger partial charge on any atom is 0.0811 e. The van der Waals surface area contributed by atoms with Gasteiger partial charge in [0.1, 0.15) is 0 Å². The van der Waals surface area contributed by atoms with Crippen molar-refractivity contribution >= 4 is 11.8 Å². The van der Waals surface area contributed by atoms with Crippen LogP contribution < -0.4 is 0 Å². The van der Waals surface area contributed by atoms with Crippen LogP contribution in [0.3, 0.4) is 0 Å². The third-order valence-corrected chi connectivity index (χ3v) is 9.14. The van der Waals surface area contributed by atoms with Gasteiger partial charge in [-0.2, -0.15) is 11.8 Å². The standard InChI is InChI=1S/C28H44O3S/c1-19-22(17-23(29)18-26(19)30)11-10-21-9-8-15-28(5)24(12-13-25(21)28)20(2)32-16-7-6-14-27(3,4)31/h10-12,20,23,25-26,29-31H,1,6-9,13-18H2,2-5H3/b21-10+,22-11-/t20?,23-,25+,26+,28-/m1/s1. The molecule has 0 radical (unpaired) electrons. The molecule has 3 N–H and O–H groups in total. The summed E-state index contributed by atoms with van der Waals surface area (Å²) in [5, 5.41) is 30.6. The lowest BCUT2D eigenvalue weighted by Gasteiger charge is -2.42. The first-order valence-electron chi connectivity index (χ1n) is 12.5. The summed E-state index contributed by atoms with van der Waals surface area (Å²) in [6.07, 6.45) is 14.6. The zero-order chi connectivity index (χ0) is 23.5. The molecule has 2 fully saturated rings. The smallest absolute Gasteiger partial charge is 0.0811 e. The van der Waals surface area contributed by atoms with Crippen LogP contribution in [-0.2, 0) is 0 Å². The Kier molecular flexibility index (Phi) is 8.57. The Hall–Kier alpha value is -0.810. The number of rotatable bonds is 8. The summed E-state index contributed by atoms with van der Waals surface area (Å²) >= 11 is 2.07. The van der Waals surface area contributed by atoms with Gasteiger partial charge in [0, 0.05) is 11.7 Å². The van der Waals surface area contributed by atoms with Gasteiger partial charge in [-0.15, -0.1) is 0 Å². The van der Waals surface area contributed by atoms with Crippen molar-refractivity contribution in [3.63, 3.8) is 0 Å². The molecule has 0 aliphatic heterocycles. The summed E-state index contributed by atoms with van der Waals surface area (Å²) in [5.74, 6) is 1.71. The van der Waals surface area contributed by atoms with E-state index in [9.17, 15) is 15.3 Å². The van der Waals surface area contributed by atoms with Gasteiger partial charge < -0.3 is 15.3 Å². The summed E-state index contributed by atoms with van der Waals surface area (Å²) in [4.78, 5) is 0. The number of hydrogen-bond donors (Lipinski definition) is 3. The number of aliphatic hydroxyl groups is 3. The molecule has 2 saturated carbocycles. The third-order valence-electron chi connectivity index (χ3n) is 7.86. The molecule has 180 valence electrons. The summed E-state index contributed by atoms with van der Waals surface area (Å²) in [7, 11) is 0. The molecule has 0 aromatic heterocycles. The molecular weight excluding hydrogens is 416 g/mol. The number of hydrogen-bond acceptors (Lipinski definition) is 4. The van der Waals surface area contributed by atoms with E-state index in [0.717, 1.165) is 49.0 Å². The van der Waals surface area contributed by atoms with Crippen LogP contribution in [0, 0.1) is 11.3 Å². The fraction of sp³-hybridized carbons (Fsp3) is 0.714. The lowest BCUT2D eigenvalue weighted by molar-refractivity contribution is 0.0687. The van der Waals surface area contributed by atoms with Crippen molar-refractivity contribution in [1.29, 1.82) is 0 Å². The molecule has 1 unspecified atom stereocenters. The van der Waals surface area contributed by atoms with Crippen molar-refractivity contribution in [3.8, 4) is 0 Å². The monoisotopic (exact) mass is 460 g/mol. The van der Waals surface area contributed by atoms with Crippen molar-refractivity contribution in [1.82, 2.24) is 0 Å². The largest absolute Gasteiger partial charge is 0.393 e. The lowest BCUT2D eigenvalue weighted by atomic mass is 9.64. The van der Waals surface area contributed by atoms with Crippen LogP contribution in [0.4, 0.5) is 0 Å². The van der Waals surface area contributed by atoms with Crippen LogP contribution in [0.1, 0.15) is 85.5 Å². The molecule has 4 heteroatoms. The van der Waals surface area contributed by atoms with Crippen molar-refractivity contribution in [2.24, 2.45) is 11.3 Å². The van der Waals surface area contributed by atoms with Gasteiger partial charge >= 0.3 is 0 Å².